The van der Waals surface area contributed by atoms with Crippen molar-refractivity contribution in [1.29, 1.82) is 0 Å². The van der Waals surface area contributed by atoms with Crippen LogP contribution in [0, 0.1) is 11.6 Å². The molecule has 2 N–H and O–H groups in total. The van der Waals surface area contributed by atoms with Gasteiger partial charge in [0.2, 0.25) is 5.91 Å². The van der Waals surface area contributed by atoms with E-state index in [1.54, 1.807) is 31.6 Å². The first-order valence-electron chi connectivity index (χ1n) is 9.47. The zero-order chi connectivity index (χ0) is 21.8. The number of anilines is 2. The normalized spacial score (nSPS) is 10.9. The summed E-state index contributed by atoms with van der Waals surface area (Å²) in [5.41, 5.74) is 2.86. The average Bonchev–Trinajstić information content (AvgIpc) is 3.20. The molecule has 9 heteroatoms. The second kappa shape index (κ2) is 8.88. The van der Waals surface area contributed by atoms with Gasteiger partial charge in [-0.3, -0.25) is 9.20 Å². The molecule has 0 saturated carbocycles. The lowest BCUT2D eigenvalue weighted by Crippen LogP contribution is -2.18. The van der Waals surface area contributed by atoms with Crippen LogP contribution in [0.1, 0.15) is 5.56 Å². The van der Waals surface area contributed by atoms with Crippen molar-refractivity contribution in [3.63, 3.8) is 0 Å². The molecule has 2 aromatic heterocycles. The molecule has 0 spiro atoms. The standard InChI is InChI=1S/C22H19F2N5O2/c1-25-21-22-27-11-19(29(22)10-9-26-21)14-5-7-15(8-6-14)28-20(30)13-31-12-16-17(23)3-2-4-18(16)24/h2-11H,12-13H2,1H3,(H,25,26)(H,28,30). The molecule has 2 aromatic carbocycles. The third-order valence-corrected chi connectivity index (χ3v) is 4.67. The molecule has 0 saturated heterocycles. The van der Waals surface area contributed by atoms with Crippen LogP contribution in [-0.4, -0.2) is 33.9 Å². The van der Waals surface area contributed by atoms with E-state index in [4.69, 9.17) is 4.74 Å². The van der Waals surface area contributed by atoms with E-state index in [1.165, 1.54) is 6.07 Å². The predicted octanol–water partition coefficient (Wildman–Crippen LogP) is 3.87. The number of nitrogens with one attached hydrogen (secondary N) is 2. The summed E-state index contributed by atoms with van der Waals surface area (Å²) in [5.74, 6) is -1.17. The number of imidazole rings is 1. The van der Waals surface area contributed by atoms with Gasteiger partial charge < -0.3 is 15.4 Å². The molecular formula is C22H19F2N5O2. The number of amides is 1. The highest BCUT2D eigenvalue weighted by molar-refractivity contribution is 5.92. The fourth-order valence-corrected chi connectivity index (χ4v) is 3.15. The monoisotopic (exact) mass is 423 g/mol. The Balaban J connectivity index is 1.38. The zero-order valence-corrected chi connectivity index (χ0v) is 16.6. The Labute approximate surface area is 176 Å². The fraction of sp³-hybridized carbons (Fsp3) is 0.136. The number of nitrogens with zero attached hydrogens (tertiary/aromatic N) is 3. The van der Waals surface area contributed by atoms with E-state index in [1.807, 2.05) is 22.7 Å². The Morgan fingerprint density at radius 2 is 1.84 bits per heavy atom. The molecule has 4 rings (SSSR count). The van der Waals surface area contributed by atoms with E-state index in [-0.39, 0.29) is 18.8 Å². The van der Waals surface area contributed by atoms with Crippen LogP contribution in [0.15, 0.2) is 61.1 Å². The van der Waals surface area contributed by atoms with Gasteiger partial charge in [-0.25, -0.2) is 18.7 Å². The maximum absolute atomic E-state index is 13.6. The van der Waals surface area contributed by atoms with Gasteiger partial charge in [0.1, 0.15) is 18.2 Å². The molecule has 2 heterocycles. The largest absolute Gasteiger partial charge is 0.370 e. The maximum Gasteiger partial charge on any atom is 0.250 e. The second-order valence-electron chi connectivity index (χ2n) is 6.68. The van der Waals surface area contributed by atoms with Crippen LogP contribution in [-0.2, 0) is 16.1 Å². The number of halogens is 2. The topological polar surface area (TPSA) is 80.5 Å². The quantitative estimate of drug-likeness (QED) is 0.472. The minimum atomic E-state index is -0.707. The molecule has 0 unspecified atom stereocenters. The summed E-state index contributed by atoms with van der Waals surface area (Å²) >= 11 is 0. The summed E-state index contributed by atoms with van der Waals surface area (Å²) in [6.45, 7) is -0.662. The number of aromatic nitrogens is 3. The van der Waals surface area contributed by atoms with Crippen LogP contribution in [0.3, 0.4) is 0 Å². The number of hydrogen-bond acceptors (Lipinski definition) is 5. The van der Waals surface area contributed by atoms with E-state index in [9.17, 15) is 13.6 Å². The number of carbonyl (C=O) groups is 1. The minimum Gasteiger partial charge on any atom is -0.370 e. The highest BCUT2D eigenvalue weighted by atomic mass is 19.1. The fourth-order valence-electron chi connectivity index (χ4n) is 3.15. The summed E-state index contributed by atoms with van der Waals surface area (Å²) in [6.07, 6.45) is 5.26. The summed E-state index contributed by atoms with van der Waals surface area (Å²) in [5, 5.41) is 5.69. The SMILES string of the molecule is CNc1nccn2c(-c3ccc(NC(=O)COCc4c(F)cccc4F)cc3)cnc12. The van der Waals surface area contributed by atoms with Crippen LogP contribution in [0.5, 0.6) is 0 Å². The Hall–Kier alpha value is -3.85. The number of fused-ring (bicyclic) bond motifs is 1. The lowest BCUT2D eigenvalue weighted by molar-refractivity contribution is -0.121. The molecular weight excluding hydrogens is 404 g/mol. The van der Waals surface area contributed by atoms with E-state index in [0.717, 1.165) is 23.4 Å². The van der Waals surface area contributed by atoms with E-state index >= 15 is 0 Å². The van der Waals surface area contributed by atoms with Crippen molar-refractivity contribution >= 4 is 23.1 Å². The number of rotatable bonds is 7. The summed E-state index contributed by atoms with van der Waals surface area (Å²) in [7, 11) is 1.78. The molecule has 0 fully saturated rings. The number of carbonyl (C=O) groups excluding carboxylic acids is 1. The Morgan fingerprint density at radius 3 is 2.55 bits per heavy atom. The van der Waals surface area contributed by atoms with Gasteiger partial charge in [0.05, 0.1) is 18.5 Å². The molecule has 0 aliphatic rings. The molecule has 0 aliphatic heterocycles. The lowest BCUT2D eigenvalue weighted by atomic mass is 10.1. The highest BCUT2D eigenvalue weighted by Gasteiger charge is 2.11. The molecule has 0 atom stereocenters. The van der Waals surface area contributed by atoms with Gasteiger partial charge in [0.15, 0.2) is 11.5 Å². The van der Waals surface area contributed by atoms with Gasteiger partial charge in [0, 0.05) is 36.3 Å². The van der Waals surface area contributed by atoms with Crippen molar-refractivity contribution in [2.75, 3.05) is 24.3 Å². The summed E-state index contributed by atoms with van der Waals surface area (Å²) in [6, 6.07) is 10.8. The second-order valence-corrected chi connectivity index (χ2v) is 6.68. The van der Waals surface area contributed by atoms with Gasteiger partial charge >= 0.3 is 0 Å². The van der Waals surface area contributed by atoms with Crippen molar-refractivity contribution in [3.8, 4) is 11.3 Å². The van der Waals surface area contributed by atoms with Gasteiger partial charge in [-0.2, -0.15) is 0 Å². The predicted molar refractivity (Wildman–Crippen MR) is 113 cm³/mol. The number of benzene rings is 2. The minimum absolute atomic E-state index is 0.204. The van der Waals surface area contributed by atoms with Crippen molar-refractivity contribution in [1.82, 2.24) is 14.4 Å². The summed E-state index contributed by atoms with van der Waals surface area (Å²) in [4.78, 5) is 20.7. The Morgan fingerprint density at radius 1 is 1.10 bits per heavy atom. The van der Waals surface area contributed by atoms with Crippen LogP contribution in [0.4, 0.5) is 20.3 Å². The van der Waals surface area contributed by atoms with Gasteiger partial charge in [-0.05, 0) is 24.3 Å². The third-order valence-electron chi connectivity index (χ3n) is 4.67. The molecule has 7 nitrogen and oxygen atoms in total. The molecule has 0 bridgehead atoms. The van der Waals surface area contributed by atoms with Gasteiger partial charge in [0.25, 0.3) is 0 Å². The van der Waals surface area contributed by atoms with Crippen LogP contribution in [0.25, 0.3) is 16.9 Å². The first kappa shape index (κ1) is 20.4. The zero-order valence-electron chi connectivity index (χ0n) is 16.6. The van der Waals surface area contributed by atoms with Crippen molar-refractivity contribution in [2.24, 2.45) is 0 Å². The Bertz CT molecular complexity index is 1200. The van der Waals surface area contributed by atoms with Crippen LogP contribution in [0.2, 0.25) is 0 Å². The highest BCUT2D eigenvalue weighted by Crippen LogP contribution is 2.24. The van der Waals surface area contributed by atoms with Crippen LogP contribution >= 0.6 is 0 Å². The molecule has 158 valence electrons. The molecule has 0 aliphatic carbocycles. The Kier molecular flexibility index (Phi) is 5.85. The van der Waals surface area contributed by atoms with E-state index < -0.39 is 17.5 Å². The average molecular weight is 423 g/mol. The summed E-state index contributed by atoms with van der Waals surface area (Å²) < 4.78 is 34.2. The van der Waals surface area contributed by atoms with Gasteiger partial charge in [-0.15, -0.1) is 0 Å². The maximum atomic E-state index is 13.6. The molecule has 0 radical (unpaired) electrons. The van der Waals surface area contributed by atoms with E-state index in [2.05, 4.69) is 20.6 Å². The number of hydrogen-bond donors (Lipinski definition) is 2. The third kappa shape index (κ3) is 4.36. The molecule has 1 amide bonds. The van der Waals surface area contributed by atoms with Gasteiger partial charge in [-0.1, -0.05) is 18.2 Å². The molecule has 4 aromatic rings. The van der Waals surface area contributed by atoms with Crippen molar-refractivity contribution in [3.05, 3.63) is 78.3 Å². The van der Waals surface area contributed by atoms with Crippen molar-refractivity contribution < 1.29 is 18.3 Å². The first-order valence-corrected chi connectivity index (χ1v) is 9.47. The smallest absolute Gasteiger partial charge is 0.250 e. The molecule has 31 heavy (non-hydrogen) atoms. The van der Waals surface area contributed by atoms with Crippen LogP contribution < -0.4 is 10.6 Å². The first-order chi connectivity index (χ1) is 15.1. The number of ether oxygens (including phenoxy) is 1. The van der Waals surface area contributed by atoms with E-state index in [0.29, 0.717) is 17.2 Å². The lowest BCUT2D eigenvalue weighted by Gasteiger charge is -2.09. The van der Waals surface area contributed by atoms with Crippen molar-refractivity contribution in [2.45, 2.75) is 6.61 Å².